The summed E-state index contributed by atoms with van der Waals surface area (Å²) in [6, 6.07) is 3.99. The number of nitrogens with zero attached hydrogens (tertiary/aromatic N) is 2. The molecule has 0 unspecified atom stereocenters. The minimum atomic E-state index is -0.502. The van der Waals surface area contributed by atoms with E-state index in [9.17, 15) is 9.18 Å². The Bertz CT molecular complexity index is 591. The van der Waals surface area contributed by atoms with Crippen LogP contribution in [0.3, 0.4) is 0 Å². The lowest BCUT2D eigenvalue weighted by Gasteiger charge is -2.06. The molecule has 0 saturated carbocycles. The fourth-order valence-electron chi connectivity index (χ4n) is 1.60. The molecule has 0 saturated heterocycles. The van der Waals surface area contributed by atoms with Gasteiger partial charge in [0.1, 0.15) is 5.69 Å². The Hall–Kier alpha value is -1.69. The third-order valence-corrected chi connectivity index (χ3v) is 3.10. The number of ether oxygens (including phenoxy) is 1. The summed E-state index contributed by atoms with van der Waals surface area (Å²) < 4.78 is 20.2. The molecule has 1 heterocycles. The first-order chi connectivity index (χ1) is 8.54. The van der Waals surface area contributed by atoms with Crippen molar-refractivity contribution in [3.8, 4) is 5.75 Å². The third-order valence-electron chi connectivity index (χ3n) is 2.52. The summed E-state index contributed by atoms with van der Waals surface area (Å²) in [5, 5.41) is 3.97. The van der Waals surface area contributed by atoms with Gasteiger partial charge in [-0.1, -0.05) is 0 Å². The SMILES string of the molecule is COc1cc(C(=O)c2c(Br)cnn2C)ccc1F. The summed E-state index contributed by atoms with van der Waals surface area (Å²) in [5.74, 6) is -0.711. The Labute approximate surface area is 111 Å². The van der Waals surface area contributed by atoms with Crippen molar-refractivity contribution in [2.45, 2.75) is 0 Å². The van der Waals surface area contributed by atoms with E-state index in [1.165, 1.54) is 36.2 Å². The molecule has 0 bridgehead atoms. The van der Waals surface area contributed by atoms with Crippen LogP contribution in [0.1, 0.15) is 16.1 Å². The molecule has 6 heteroatoms. The molecule has 2 aromatic rings. The highest BCUT2D eigenvalue weighted by atomic mass is 79.9. The number of hydrogen-bond acceptors (Lipinski definition) is 3. The van der Waals surface area contributed by atoms with Crippen LogP contribution in [0.5, 0.6) is 5.75 Å². The van der Waals surface area contributed by atoms with Crippen molar-refractivity contribution in [1.29, 1.82) is 0 Å². The predicted molar refractivity (Wildman–Crippen MR) is 67.3 cm³/mol. The molecule has 0 aliphatic rings. The van der Waals surface area contributed by atoms with E-state index < -0.39 is 5.82 Å². The van der Waals surface area contributed by atoms with Crippen molar-refractivity contribution in [3.05, 3.63) is 45.9 Å². The number of ketones is 1. The second-order valence-corrected chi connectivity index (χ2v) is 4.50. The molecule has 94 valence electrons. The van der Waals surface area contributed by atoms with Gasteiger partial charge in [-0.2, -0.15) is 5.10 Å². The molecular weight excluding hydrogens is 303 g/mol. The van der Waals surface area contributed by atoms with Crippen LogP contribution in [0.2, 0.25) is 0 Å². The zero-order valence-corrected chi connectivity index (χ0v) is 11.4. The zero-order chi connectivity index (χ0) is 13.3. The van der Waals surface area contributed by atoms with E-state index in [1.807, 2.05) is 0 Å². The number of aryl methyl sites for hydroxylation is 1. The molecule has 0 atom stereocenters. The molecule has 0 amide bonds. The van der Waals surface area contributed by atoms with Crippen molar-refractivity contribution < 1.29 is 13.9 Å². The third kappa shape index (κ3) is 2.15. The number of aromatic nitrogens is 2. The van der Waals surface area contributed by atoms with Gasteiger partial charge in [0, 0.05) is 12.6 Å². The van der Waals surface area contributed by atoms with Gasteiger partial charge in [-0.15, -0.1) is 0 Å². The number of carbonyl (C=O) groups excluding carboxylic acids is 1. The Kier molecular flexibility index (Phi) is 3.47. The zero-order valence-electron chi connectivity index (χ0n) is 9.78. The van der Waals surface area contributed by atoms with Crippen molar-refractivity contribution in [2.24, 2.45) is 7.05 Å². The quantitative estimate of drug-likeness (QED) is 0.818. The summed E-state index contributed by atoms with van der Waals surface area (Å²) in [5.41, 5.74) is 0.751. The number of hydrogen-bond donors (Lipinski definition) is 0. The second-order valence-electron chi connectivity index (χ2n) is 3.64. The lowest BCUT2D eigenvalue weighted by Crippen LogP contribution is -2.09. The lowest BCUT2D eigenvalue weighted by atomic mass is 10.1. The number of benzene rings is 1. The molecular formula is C12H10BrFN2O2. The van der Waals surface area contributed by atoms with Gasteiger partial charge in [0.25, 0.3) is 0 Å². The summed E-state index contributed by atoms with van der Waals surface area (Å²) in [4.78, 5) is 12.3. The number of rotatable bonds is 3. The van der Waals surface area contributed by atoms with Crippen LogP contribution >= 0.6 is 15.9 Å². The summed E-state index contributed by atoms with van der Waals surface area (Å²) in [7, 11) is 3.02. The maximum Gasteiger partial charge on any atom is 0.212 e. The van der Waals surface area contributed by atoms with Gasteiger partial charge in [0.2, 0.25) is 5.78 Å². The average Bonchev–Trinajstić information content (AvgIpc) is 2.69. The van der Waals surface area contributed by atoms with Crippen LogP contribution in [0.25, 0.3) is 0 Å². The van der Waals surface area contributed by atoms with Gasteiger partial charge in [-0.3, -0.25) is 9.48 Å². The van der Waals surface area contributed by atoms with Gasteiger partial charge >= 0.3 is 0 Å². The minimum absolute atomic E-state index is 0.0409. The first kappa shape index (κ1) is 12.8. The molecule has 0 aliphatic carbocycles. The summed E-state index contributed by atoms with van der Waals surface area (Å²) in [6.45, 7) is 0. The molecule has 0 aliphatic heterocycles. The van der Waals surface area contributed by atoms with Crippen molar-refractivity contribution in [2.75, 3.05) is 7.11 Å². The molecule has 0 fully saturated rings. The Morgan fingerprint density at radius 1 is 1.50 bits per heavy atom. The van der Waals surface area contributed by atoms with Gasteiger partial charge in [-0.05, 0) is 34.1 Å². The minimum Gasteiger partial charge on any atom is -0.494 e. The summed E-state index contributed by atoms with van der Waals surface area (Å²) >= 11 is 3.26. The molecule has 18 heavy (non-hydrogen) atoms. The van der Waals surface area contributed by atoms with Gasteiger partial charge < -0.3 is 4.74 Å². The molecule has 1 aromatic heterocycles. The number of methoxy groups -OCH3 is 1. The fourth-order valence-corrected chi connectivity index (χ4v) is 2.13. The highest BCUT2D eigenvalue weighted by Crippen LogP contribution is 2.23. The van der Waals surface area contributed by atoms with Crippen LogP contribution in [-0.4, -0.2) is 22.7 Å². The molecule has 0 N–H and O–H groups in total. The normalized spacial score (nSPS) is 10.4. The monoisotopic (exact) mass is 312 g/mol. The van der Waals surface area contributed by atoms with E-state index in [0.29, 0.717) is 15.7 Å². The smallest absolute Gasteiger partial charge is 0.212 e. The average molecular weight is 313 g/mol. The largest absolute Gasteiger partial charge is 0.494 e. The van der Waals surface area contributed by atoms with E-state index in [4.69, 9.17) is 4.74 Å². The topological polar surface area (TPSA) is 44.1 Å². The first-order valence-corrected chi connectivity index (χ1v) is 5.89. The molecule has 4 nitrogen and oxygen atoms in total. The molecule has 2 rings (SSSR count). The van der Waals surface area contributed by atoms with Crippen molar-refractivity contribution in [1.82, 2.24) is 9.78 Å². The number of carbonyl (C=O) groups is 1. The van der Waals surface area contributed by atoms with Crippen LogP contribution in [0.15, 0.2) is 28.9 Å². The van der Waals surface area contributed by atoms with Crippen molar-refractivity contribution >= 4 is 21.7 Å². The van der Waals surface area contributed by atoms with Crippen LogP contribution < -0.4 is 4.74 Å². The van der Waals surface area contributed by atoms with Crippen LogP contribution in [0.4, 0.5) is 4.39 Å². The Balaban J connectivity index is 2.47. The van der Waals surface area contributed by atoms with Gasteiger partial charge in [0.15, 0.2) is 11.6 Å². The Morgan fingerprint density at radius 3 is 2.78 bits per heavy atom. The van der Waals surface area contributed by atoms with E-state index >= 15 is 0 Å². The molecule has 0 radical (unpaired) electrons. The maximum absolute atomic E-state index is 13.3. The maximum atomic E-state index is 13.3. The van der Waals surface area contributed by atoms with Crippen LogP contribution in [-0.2, 0) is 7.05 Å². The molecule has 0 spiro atoms. The second kappa shape index (κ2) is 4.89. The van der Waals surface area contributed by atoms with E-state index in [2.05, 4.69) is 21.0 Å². The standard InChI is InChI=1S/C12H10BrFN2O2/c1-16-11(8(13)6-15-16)12(17)7-3-4-9(14)10(5-7)18-2/h3-6H,1-2H3. The highest BCUT2D eigenvalue weighted by molar-refractivity contribution is 9.10. The van der Waals surface area contributed by atoms with E-state index in [0.717, 1.165) is 0 Å². The van der Waals surface area contributed by atoms with Gasteiger partial charge in [-0.25, -0.2) is 4.39 Å². The highest BCUT2D eigenvalue weighted by Gasteiger charge is 2.18. The fraction of sp³-hybridized carbons (Fsp3) is 0.167. The predicted octanol–water partition coefficient (Wildman–Crippen LogP) is 2.56. The van der Waals surface area contributed by atoms with E-state index in [-0.39, 0.29) is 11.5 Å². The summed E-state index contributed by atoms with van der Waals surface area (Å²) in [6.07, 6.45) is 1.54. The lowest BCUT2D eigenvalue weighted by molar-refractivity contribution is 0.102. The van der Waals surface area contributed by atoms with Gasteiger partial charge in [0.05, 0.1) is 17.8 Å². The number of halogens is 2. The van der Waals surface area contributed by atoms with Crippen molar-refractivity contribution in [3.63, 3.8) is 0 Å². The first-order valence-electron chi connectivity index (χ1n) is 5.10. The molecule has 1 aromatic carbocycles. The van der Waals surface area contributed by atoms with Crippen LogP contribution in [0, 0.1) is 5.82 Å². The Morgan fingerprint density at radius 2 is 2.22 bits per heavy atom. The van der Waals surface area contributed by atoms with E-state index in [1.54, 1.807) is 7.05 Å².